The number of halogens is 1. The Morgan fingerprint density at radius 2 is 1.80 bits per heavy atom. The van der Waals surface area contributed by atoms with Crippen LogP contribution in [0, 0.1) is 11.7 Å². The number of Topliss-reactive ketones (excluding diaryl/α,β-unsaturated/α-hetero) is 1. The van der Waals surface area contributed by atoms with Gasteiger partial charge in [-0.05, 0) is 36.3 Å². The third kappa shape index (κ3) is 3.31. The smallest absolute Gasteiger partial charge is 0.161 e. The summed E-state index contributed by atoms with van der Waals surface area (Å²) in [7, 11) is 0. The van der Waals surface area contributed by atoms with E-state index in [4.69, 9.17) is 0 Å². The lowest BCUT2D eigenvalue weighted by Crippen LogP contribution is -2.07. The number of carbonyl (C=O) groups excluding carboxylic acids is 1. The maximum absolute atomic E-state index is 12.6. The summed E-state index contributed by atoms with van der Waals surface area (Å²) in [5.74, 6) is -0.138. The van der Waals surface area contributed by atoms with Gasteiger partial charge < -0.3 is 0 Å². The minimum atomic E-state index is -0.264. The minimum Gasteiger partial charge on any atom is -0.294 e. The largest absolute Gasteiger partial charge is 0.294 e. The van der Waals surface area contributed by atoms with Gasteiger partial charge in [-0.25, -0.2) is 4.39 Å². The van der Waals surface area contributed by atoms with E-state index in [9.17, 15) is 9.18 Å². The number of hydrogen-bond acceptors (Lipinski definition) is 1. The van der Waals surface area contributed by atoms with Crippen LogP contribution in [0.1, 0.15) is 26.3 Å². The van der Waals surface area contributed by atoms with Crippen LogP contribution < -0.4 is 0 Å². The molecule has 0 bridgehead atoms. The first-order valence-corrected chi connectivity index (χ1v) is 4.99. The van der Waals surface area contributed by atoms with Crippen molar-refractivity contribution in [1.29, 1.82) is 0 Å². The van der Waals surface area contributed by atoms with E-state index >= 15 is 0 Å². The van der Waals surface area contributed by atoms with Gasteiger partial charge in [0.2, 0.25) is 0 Å². The van der Waals surface area contributed by atoms with Crippen molar-refractivity contribution < 1.29 is 9.18 Å². The zero-order valence-electron chi connectivity index (χ0n) is 9.25. The molecule has 0 spiro atoms. The molecule has 0 aliphatic heterocycles. The minimum absolute atomic E-state index is 0.00157. The van der Waals surface area contributed by atoms with Crippen molar-refractivity contribution in [2.45, 2.75) is 20.8 Å². The van der Waals surface area contributed by atoms with Crippen LogP contribution in [-0.2, 0) is 4.79 Å². The lowest BCUT2D eigenvalue weighted by Gasteiger charge is -2.03. The fraction of sp³-hybridized carbons (Fsp3) is 0.308. The summed E-state index contributed by atoms with van der Waals surface area (Å²) in [6.45, 7) is 5.51. The molecular weight excluding hydrogens is 191 g/mol. The molecule has 0 unspecified atom stereocenters. The molecule has 0 saturated heterocycles. The zero-order chi connectivity index (χ0) is 11.4. The Morgan fingerprint density at radius 1 is 1.27 bits per heavy atom. The van der Waals surface area contributed by atoms with Crippen molar-refractivity contribution >= 4 is 11.9 Å². The molecule has 15 heavy (non-hydrogen) atoms. The predicted octanol–water partition coefficient (Wildman–Crippen LogP) is 3.45. The summed E-state index contributed by atoms with van der Waals surface area (Å²) in [6, 6.07) is 6.09. The molecule has 0 amide bonds. The molecule has 0 aliphatic carbocycles. The Morgan fingerprint density at radius 3 is 2.27 bits per heavy atom. The van der Waals surface area contributed by atoms with E-state index in [2.05, 4.69) is 0 Å². The van der Waals surface area contributed by atoms with Gasteiger partial charge in [0.25, 0.3) is 0 Å². The van der Waals surface area contributed by atoms with Crippen molar-refractivity contribution in [1.82, 2.24) is 0 Å². The Kier molecular flexibility index (Phi) is 3.78. The Balaban J connectivity index is 2.87. The zero-order valence-corrected chi connectivity index (χ0v) is 9.25. The first-order valence-electron chi connectivity index (χ1n) is 4.99. The molecule has 0 radical (unpaired) electrons. The van der Waals surface area contributed by atoms with E-state index in [0.717, 1.165) is 5.56 Å². The number of benzene rings is 1. The summed E-state index contributed by atoms with van der Waals surface area (Å²) in [4.78, 5) is 11.6. The summed E-state index contributed by atoms with van der Waals surface area (Å²) in [5.41, 5.74) is 1.56. The predicted molar refractivity (Wildman–Crippen MR) is 59.9 cm³/mol. The lowest BCUT2D eigenvalue weighted by molar-refractivity contribution is -0.118. The number of ketones is 1. The average molecular weight is 206 g/mol. The van der Waals surface area contributed by atoms with Gasteiger partial charge in [0.15, 0.2) is 5.78 Å². The third-order valence-electron chi connectivity index (χ3n) is 2.17. The van der Waals surface area contributed by atoms with Crippen LogP contribution in [0.5, 0.6) is 0 Å². The topological polar surface area (TPSA) is 17.1 Å². The molecule has 80 valence electrons. The van der Waals surface area contributed by atoms with Crippen molar-refractivity contribution in [3.8, 4) is 0 Å². The molecule has 0 aromatic heterocycles. The van der Waals surface area contributed by atoms with Gasteiger partial charge in [-0.15, -0.1) is 0 Å². The molecule has 1 rings (SSSR count). The van der Waals surface area contributed by atoms with Crippen LogP contribution >= 0.6 is 0 Å². The van der Waals surface area contributed by atoms with E-state index in [1.165, 1.54) is 12.1 Å². The van der Waals surface area contributed by atoms with E-state index in [1.807, 2.05) is 13.8 Å². The highest BCUT2D eigenvalue weighted by molar-refractivity contribution is 6.00. The molecule has 2 heteroatoms. The second-order valence-electron chi connectivity index (χ2n) is 3.90. The molecule has 1 aromatic rings. The van der Waals surface area contributed by atoms with Crippen molar-refractivity contribution in [2.24, 2.45) is 5.92 Å². The van der Waals surface area contributed by atoms with Crippen molar-refractivity contribution in [2.75, 3.05) is 0 Å². The normalized spacial score (nSPS) is 11.9. The highest BCUT2D eigenvalue weighted by Gasteiger charge is 2.08. The standard InChI is InChI=1S/C13H15FO/c1-9(2)13(15)10(3)8-11-4-6-12(14)7-5-11/h4-9H,1-3H3. The van der Waals surface area contributed by atoms with Gasteiger partial charge in [0, 0.05) is 5.92 Å². The maximum atomic E-state index is 12.6. The lowest BCUT2D eigenvalue weighted by atomic mass is 10.0. The summed E-state index contributed by atoms with van der Waals surface area (Å²) >= 11 is 0. The molecule has 1 nitrogen and oxygen atoms in total. The molecule has 1 aromatic carbocycles. The van der Waals surface area contributed by atoms with Crippen LogP contribution in [0.25, 0.3) is 6.08 Å². The van der Waals surface area contributed by atoms with Crippen molar-refractivity contribution in [3.63, 3.8) is 0 Å². The molecule has 0 fully saturated rings. The first kappa shape index (κ1) is 11.6. The Labute approximate surface area is 89.6 Å². The molecule has 0 N–H and O–H groups in total. The van der Waals surface area contributed by atoms with Gasteiger partial charge in [0.05, 0.1) is 0 Å². The Hall–Kier alpha value is -1.44. The monoisotopic (exact) mass is 206 g/mol. The number of carbonyl (C=O) groups is 1. The molecule has 0 saturated carbocycles. The van der Waals surface area contributed by atoms with Gasteiger partial charge in [-0.2, -0.15) is 0 Å². The van der Waals surface area contributed by atoms with E-state index in [0.29, 0.717) is 5.57 Å². The van der Waals surface area contributed by atoms with Gasteiger partial charge in [-0.1, -0.05) is 26.0 Å². The summed E-state index contributed by atoms with van der Waals surface area (Å²) < 4.78 is 12.6. The SMILES string of the molecule is CC(=Cc1ccc(F)cc1)C(=O)C(C)C. The quantitative estimate of drug-likeness (QED) is 0.692. The molecule has 0 atom stereocenters. The number of rotatable bonds is 3. The molecule has 0 heterocycles. The Bertz CT molecular complexity index is 374. The van der Waals surface area contributed by atoms with Gasteiger partial charge >= 0.3 is 0 Å². The van der Waals surface area contributed by atoms with Gasteiger partial charge in [0.1, 0.15) is 5.82 Å². The summed E-state index contributed by atoms with van der Waals surface area (Å²) in [5, 5.41) is 0. The first-order chi connectivity index (χ1) is 7.00. The number of allylic oxidation sites excluding steroid dienone is 1. The highest BCUT2D eigenvalue weighted by Crippen LogP contribution is 2.11. The van der Waals surface area contributed by atoms with Gasteiger partial charge in [-0.3, -0.25) is 4.79 Å². The van der Waals surface area contributed by atoms with E-state index in [1.54, 1.807) is 25.1 Å². The van der Waals surface area contributed by atoms with E-state index in [-0.39, 0.29) is 17.5 Å². The summed E-state index contributed by atoms with van der Waals surface area (Å²) in [6.07, 6.45) is 1.78. The molecular formula is C13H15FO. The fourth-order valence-electron chi connectivity index (χ4n) is 1.34. The highest BCUT2D eigenvalue weighted by atomic mass is 19.1. The van der Waals surface area contributed by atoms with Crippen LogP contribution in [-0.4, -0.2) is 5.78 Å². The number of hydrogen-bond donors (Lipinski definition) is 0. The average Bonchev–Trinajstić information content (AvgIpc) is 2.20. The van der Waals surface area contributed by atoms with Crippen LogP contribution in [0.2, 0.25) is 0 Å². The van der Waals surface area contributed by atoms with E-state index < -0.39 is 0 Å². The maximum Gasteiger partial charge on any atom is 0.161 e. The second kappa shape index (κ2) is 4.87. The second-order valence-corrected chi connectivity index (χ2v) is 3.90. The fourth-order valence-corrected chi connectivity index (χ4v) is 1.34. The van der Waals surface area contributed by atoms with Crippen molar-refractivity contribution in [3.05, 3.63) is 41.2 Å². The van der Waals surface area contributed by atoms with Crippen LogP contribution in [0.15, 0.2) is 29.8 Å². The van der Waals surface area contributed by atoms with Crippen LogP contribution in [0.4, 0.5) is 4.39 Å². The van der Waals surface area contributed by atoms with Crippen LogP contribution in [0.3, 0.4) is 0 Å². The third-order valence-corrected chi connectivity index (χ3v) is 2.17. The molecule has 0 aliphatic rings.